The molecule has 0 aliphatic carbocycles. The number of imidazole rings is 1. The van der Waals surface area contributed by atoms with E-state index in [0.717, 1.165) is 42.5 Å². The monoisotopic (exact) mass is 365 g/mol. The Balaban J connectivity index is 1.43. The summed E-state index contributed by atoms with van der Waals surface area (Å²) in [5, 5.41) is 2.91. The van der Waals surface area contributed by atoms with Crippen molar-refractivity contribution in [2.75, 3.05) is 6.54 Å². The molecule has 3 aromatic rings. The molecule has 0 saturated carbocycles. The van der Waals surface area contributed by atoms with Gasteiger partial charge in [-0.25, -0.2) is 4.98 Å². The highest BCUT2D eigenvalue weighted by atomic mass is 16.3. The number of hydrogen-bond acceptors (Lipinski definition) is 5. The quantitative estimate of drug-likeness (QED) is 0.752. The number of rotatable bonds is 5. The molecule has 0 aromatic carbocycles. The molecule has 3 aromatic heterocycles. The van der Waals surface area contributed by atoms with E-state index in [0.29, 0.717) is 12.2 Å². The molecule has 1 amide bonds. The molecule has 4 heterocycles. The fourth-order valence-corrected chi connectivity index (χ4v) is 3.41. The average Bonchev–Trinajstić information content (AvgIpc) is 3.29. The number of fused-ring (bicyclic) bond motifs is 1. The van der Waals surface area contributed by atoms with Crippen molar-refractivity contribution in [3.05, 3.63) is 71.5 Å². The van der Waals surface area contributed by atoms with E-state index < -0.39 is 0 Å². The summed E-state index contributed by atoms with van der Waals surface area (Å²) in [6.07, 6.45) is 5.31. The first kappa shape index (κ1) is 17.5. The van der Waals surface area contributed by atoms with Crippen LogP contribution in [0.4, 0.5) is 0 Å². The zero-order chi connectivity index (χ0) is 18.8. The van der Waals surface area contributed by atoms with Crippen molar-refractivity contribution in [2.45, 2.75) is 39.5 Å². The Bertz CT molecular complexity index is 931. The van der Waals surface area contributed by atoms with Crippen LogP contribution in [0.25, 0.3) is 0 Å². The van der Waals surface area contributed by atoms with Crippen molar-refractivity contribution in [3.8, 4) is 0 Å². The average molecular weight is 365 g/mol. The van der Waals surface area contributed by atoms with Gasteiger partial charge >= 0.3 is 0 Å². The summed E-state index contributed by atoms with van der Waals surface area (Å²) in [7, 11) is 0. The fraction of sp³-hybridized carbons (Fsp3) is 0.350. The van der Waals surface area contributed by atoms with Crippen LogP contribution in [0.1, 0.15) is 46.4 Å². The van der Waals surface area contributed by atoms with Gasteiger partial charge in [0.2, 0.25) is 0 Å². The zero-order valence-electron chi connectivity index (χ0n) is 15.6. The summed E-state index contributed by atoms with van der Waals surface area (Å²) < 4.78 is 7.78. The number of aryl methyl sites for hydroxylation is 1. The van der Waals surface area contributed by atoms with E-state index in [1.54, 1.807) is 12.4 Å². The first-order valence-electron chi connectivity index (χ1n) is 9.13. The van der Waals surface area contributed by atoms with Gasteiger partial charge in [-0.3, -0.25) is 14.7 Å². The minimum Gasteiger partial charge on any atom is -0.465 e. The Morgan fingerprint density at radius 3 is 2.96 bits per heavy atom. The topological polar surface area (TPSA) is 76.2 Å². The summed E-state index contributed by atoms with van der Waals surface area (Å²) in [5.41, 5.74) is 1.42. The van der Waals surface area contributed by atoms with Crippen LogP contribution in [-0.4, -0.2) is 31.9 Å². The highest BCUT2D eigenvalue weighted by Crippen LogP contribution is 2.26. The number of aromatic nitrogens is 3. The van der Waals surface area contributed by atoms with Gasteiger partial charge in [-0.2, -0.15) is 0 Å². The van der Waals surface area contributed by atoms with E-state index in [-0.39, 0.29) is 11.9 Å². The van der Waals surface area contributed by atoms with Crippen LogP contribution in [-0.2, 0) is 19.6 Å². The number of nitrogens with one attached hydrogen (secondary N) is 1. The second-order valence-corrected chi connectivity index (χ2v) is 6.88. The summed E-state index contributed by atoms with van der Waals surface area (Å²) in [6.45, 7) is 6.94. The number of nitrogens with zero attached hydrogens (tertiary/aromatic N) is 4. The first-order chi connectivity index (χ1) is 13.1. The molecule has 7 heteroatoms. The van der Waals surface area contributed by atoms with Crippen molar-refractivity contribution >= 4 is 5.91 Å². The molecule has 0 radical (unpaired) electrons. The van der Waals surface area contributed by atoms with Gasteiger partial charge in [0.05, 0.1) is 12.6 Å². The third-order valence-electron chi connectivity index (χ3n) is 4.92. The molecular formula is C20H23N5O2. The summed E-state index contributed by atoms with van der Waals surface area (Å²) >= 11 is 0. The van der Waals surface area contributed by atoms with Crippen molar-refractivity contribution in [3.63, 3.8) is 0 Å². The predicted molar refractivity (Wildman–Crippen MR) is 99.9 cm³/mol. The van der Waals surface area contributed by atoms with E-state index in [9.17, 15) is 4.79 Å². The van der Waals surface area contributed by atoms with Gasteiger partial charge in [-0.05, 0) is 37.6 Å². The molecule has 1 N–H and O–H groups in total. The minimum atomic E-state index is -0.166. The normalized spacial score (nSPS) is 16.9. The molecule has 0 fully saturated rings. The Morgan fingerprint density at radius 1 is 1.33 bits per heavy atom. The molecule has 0 saturated heterocycles. The second-order valence-electron chi connectivity index (χ2n) is 6.88. The van der Waals surface area contributed by atoms with Crippen LogP contribution < -0.4 is 5.32 Å². The molecule has 1 atom stereocenters. The van der Waals surface area contributed by atoms with Crippen LogP contribution in [0.3, 0.4) is 0 Å². The van der Waals surface area contributed by atoms with Gasteiger partial charge in [-0.15, -0.1) is 0 Å². The minimum absolute atomic E-state index is 0.115. The van der Waals surface area contributed by atoms with Crippen molar-refractivity contribution in [2.24, 2.45) is 0 Å². The van der Waals surface area contributed by atoms with Gasteiger partial charge < -0.3 is 14.3 Å². The van der Waals surface area contributed by atoms with E-state index in [1.165, 1.54) is 0 Å². The molecule has 0 bridgehead atoms. The summed E-state index contributed by atoms with van der Waals surface area (Å²) in [6, 6.07) is 7.90. The maximum Gasteiger partial charge on any atom is 0.271 e. The van der Waals surface area contributed by atoms with Crippen molar-refractivity contribution in [1.82, 2.24) is 24.8 Å². The van der Waals surface area contributed by atoms with Crippen LogP contribution in [0.15, 0.2) is 47.3 Å². The summed E-state index contributed by atoms with van der Waals surface area (Å²) in [5.74, 6) is 2.62. The molecule has 1 aliphatic rings. The van der Waals surface area contributed by atoms with Crippen LogP contribution in [0, 0.1) is 6.92 Å². The zero-order valence-corrected chi connectivity index (χ0v) is 15.6. The van der Waals surface area contributed by atoms with E-state index in [2.05, 4.69) is 31.7 Å². The van der Waals surface area contributed by atoms with E-state index in [4.69, 9.17) is 4.42 Å². The third-order valence-corrected chi connectivity index (χ3v) is 4.92. The molecule has 27 heavy (non-hydrogen) atoms. The third kappa shape index (κ3) is 3.78. The molecule has 1 aliphatic heterocycles. The first-order valence-corrected chi connectivity index (χ1v) is 9.13. The number of furan rings is 1. The lowest BCUT2D eigenvalue weighted by Gasteiger charge is -2.32. The van der Waals surface area contributed by atoms with E-state index >= 15 is 0 Å². The van der Waals surface area contributed by atoms with Gasteiger partial charge in [-0.1, -0.05) is 6.07 Å². The molecule has 4 rings (SSSR count). The molecule has 1 unspecified atom stereocenters. The lowest BCUT2D eigenvalue weighted by Crippen LogP contribution is -2.36. The van der Waals surface area contributed by atoms with Crippen molar-refractivity contribution < 1.29 is 9.21 Å². The maximum atomic E-state index is 12.5. The maximum absolute atomic E-state index is 12.5. The Kier molecular flexibility index (Phi) is 4.77. The fourth-order valence-electron chi connectivity index (χ4n) is 3.41. The number of amides is 1. The highest BCUT2D eigenvalue weighted by molar-refractivity contribution is 5.92. The van der Waals surface area contributed by atoms with Gasteiger partial charge in [0.15, 0.2) is 0 Å². The second kappa shape index (κ2) is 7.36. The molecule has 7 nitrogen and oxygen atoms in total. The summed E-state index contributed by atoms with van der Waals surface area (Å²) in [4.78, 5) is 23.5. The lowest BCUT2D eigenvalue weighted by molar-refractivity contribution is 0.0946. The van der Waals surface area contributed by atoms with Gasteiger partial charge in [0.25, 0.3) is 5.91 Å². The smallest absolute Gasteiger partial charge is 0.271 e. The number of hydrogen-bond donors (Lipinski definition) is 1. The molecular weight excluding hydrogens is 342 g/mol. The Hall–Kier alpha value is -2.93. The van der Waals surface area contributed by atoms with Gasteiger partial charge in [0.1, 0.15) is 23.0 Å². The van der Waals surface area contributed by atoms with Crippen molar-refractivity contribution in [1.29, 1.82) is 0 Å². The lowest BCUT2D eigenvalue weighted by atomic mass is 10.2. The van der Waals surface area contributed by atoms with Crippen LogP contribution in [0.2, 0.25) is 0 Å². The number of carbonyl (C=O) groups excluding carboxylic acids is 1. The largest absolute Gasteiger partial charge is 0.465 e. The Labute approximate surface area is 158 Å². The predicted octanol–water partition coefficient (Wildman–Crippen LogP) is 2.69. The number of pyridine rings is 1. The van der Waals surface area contributed by atoms with E-state index in [1.807, 2.05) is 37.4 Å². The standard InChI is InChI=1S/C20H23N5O2/c1-14-5-6-17(27-14)12-24-8-9-25-13-18(23-19(25)15(24)2)20(26)22-11-16-4-3-7-21-10-16/h3-7,10,13,15H,8-9,11-12H2,1-2H3,(H,22,26). The molecule has 140 valence electrons. The van der Waals surface area contributed by atoms with Crippen LogP contribution >= 0.6 is 0 Å². The number of carbonyl (C=O) groups is 1. The van der Waals surface area contributed by atoms with Crippen LogP contribution in [0.5, 0.6) is 0 Å². The SMILES string of the molecule is Cc1ccc(CN2CCn3cc(C(=O)NCc4cccnc4)nc3C2C)o1. The molecule has 0 spiro atoms. The highest BCUT2D eigenvalue weighted by Gasteiger charge is 2.28. The Morgan fingerprint density at radius 2 is 2.22 bits per heavy atom. The van der Waals surface area contributed by atoms with Gasteiger partial charge in [0, 0.05) is 38.2 Å².